The summed E-state index contributed by atoms with van der Waals surface area (Å²) in [7, 11) is 0. The summed E-state index contributed by atoms with van der Waals surface area (Å²) in [5.41, 5.74) is 1.57. The molecule has 0 radical (unpaired) electrons. The van der Waals surface area contributed by atoms with E-state index in [0.717, 1.165) is 23.3 Å². The molecule has 0 aliphatic carbocycles. The van der Waals surface area contributed by atoms with Crippen molar-refractivity contribution in [2.24, 2.45) is 0 Å². The highest BCUT2D eigenvalue weighted by Crippen LogP contribution is 2.29. The molecular formula is C17H14F2N2O3. The summed E-state index contributed by atoms with van der Waals surface area (Å²) in [4.78, 5) is 15.3. The first-order chi connectivity index (χ1) is 11.4. The number of aromatic nitrogens is 2. The maximum absolute atomic E-state index is 13.7. The summed E-state index contributed by atoms with van der Waals surface area (Å²) in [5.74, 6) is -2.24. The van der Waals surface area contributed by atoms with Crippen molar-refractivity contribution < 1.29 is 23.4 Å². The van der Waals surface area contributed by atoms with Crippen molar-refractivity contribution in [3.63, 3.8) is 0 Å². The van der Waals surface area contributed by atoms with Gasteiger partial charge in [-0.2, -0.15) is 0 Å². The van der Waals surface area contributed by atoms with Gasteiger partial charge in [-0.3, -0.25) is 4.40 Å². The van der Waals surface area contributed by atoms with Gasteiger partial charge in [0.05, 0.1) is 11.8 Å². The maximum atomic E-state index is 13.7. The molecule has 0 unspecified atom stereocenters. The van der Waals surface area contributed by atoms with Crippen molar-refractivity contribution >= 4 is 11.6 Å². The van der Waals surface area contributed by atoms with Gasteiger partial charge in [-0.15, -0.1) is 0 Å². The second-order valence-electron chi connectivity index (χ2n) is 5.40. The number of carboxylic acid groups (broad SMARTS) is 1. The number of rotatable bonds is 4. The zero-order chi connectivity index (χ0) is 17.4. The fourth-order valence-corrected chi connectivity index (χ4v) is 2.44. The lowest BCUT2D eigenvalue weighted by atomic mass is 10.1. The van der Waals surface area contributed by atoms with E-state index in [1.807, 2.05) is 0 Å². The molecule has 0 fully saturated rings. The lowest BCUT2D eigenvalue weighted by molar-refractivity contribution is 0.0689. The van der Waals surface area contributed by atoms with Crippen LogP contribution in [0.15, 0.2) is 30.6 Å². The van der Waals surface area contributed by atoms with Crippen LogP contribution in [-0.4, -0.2) is 20.5 Å². The van der Waals surface area contributed by atoms with Crippen LogP contribution in [0.2, 0.25) is 0 Å². The van der Waals surface area contributed by atoms with Crippen LogP contribution in [0.25, 0.3) is 5.65 Å². The van der Waals surface area contributed by atoms with E-state index in [4.69, 9.17) is 4.74 Å². The minimum absolute atomic E-state index is 0.0185. The van der Waals surface area contributed by atoms with Gasteiger partial charge < -0.3 is 9.84 Å². The molecule has 3 aromatic rings. The first kappa shape index (κ1) is 15.9. The van der Waals surface area contributed by atoms with Crippen molar-refractivity contribution in [2.75, 3.05) is 0 Å². The number of benzene rings is 1. The molecule has 2 heterocycles. The molecule has 1 N–H and O–H groups in total. The van der Waals surface area contributed by atoms with Crippen LogP contribution in [0.4, 0.5) is 8.78 Å². The number of pyridine rings is 1. The first-order valence-corrected chi connectivity index (χ1v) is 7.16. The SMILES string of the molecule is Cc1cn2c(C(=O)O)cnc2c(OCc2c(F)cccc2F)c1C. The van der Waals surface area contributed by atoms with Crippen molar-refractivity contribution in [3.8, 4) is 5.75 Å². The molecule has 0 amide bonds. The fraction of sp³-hybridized carbons (Fsp3) is 0.176. The molecule has 7 heteroatoms. The average Bonchev–Trinajstić information content (AvgIpc) is 2.93. The zero-order valence-corrected chi connectivity index (χ0v) is 13.0. The van der Waals surface area contributed by atoms with Gasteiger partial charge in [0.1, 0.15) is 18.2 Å². The van der Waals surface area contributed by atoms with Gasteiger partial charge in [0.2, 0.25) is 0 Å². The standard InChI is InChI=1S/C17H14F2N2O3/c1-9-7-21-14(17(22)23)6-20-16(21)15(10(9)2)24-8-11-12(18)4-3-5-13(11)19/h3-7H,8H2,1-2H3,(H,22,23). The normalized spacial score (nSPS) is 11.0. The van der Waals surface area contributed by atoms with Gasteiger partial charge in [-0.1, -0.05) is 6.07 Å². The van der Waals surface area contributed by atoms with Crippen LogP contribution >= 0.6 is 0 Å². The fourth-order valence-electron chi connectivity index (χ4n) is 2.44. The Hall–Kier alpha value is -2.96. The van der Waals surface area contributed by atoms with Gasteiger partial charge in [0, 0.05) is 6.20 Å². The van der Waals surface area contributed by atoms with Crippen LogP contribution in [0.5, 0.6) is 5.75 Å². The molecule has 24 heavy (non-hydrogen) atoms. The van der Waals surface area contributed by atoms with Gasteiger partial charge >= 0.3 is 5.97 Å². The van der Waals surface area contributed by atoms with Crippen molar-refractivity contribution in [2.45, 2.75) is 20.5 Å². The second-order valence-corrected chi connectivity index (χ2v) is 5.40. The summed E-state index contributed by atoms with van der Waals surface area (Å²) in [5, 5.41) is 9.20. The largest absolute Gasteiger partial charge is 0.484 e. The van der Waals surface area contributed by atoms with Gasteiger partial charge in [-0.05, 0) is 37.1 Å². The summed E-state index contributed by atoms with van der Waals surface area (Å²) >= 11 is 0. The molecule has 0 spiro atoms. The highest BCUT2D eigenvalue weighted by atomic mass is 19.1. The lowest BCUT2D eigenvalue weighted by Crippen LogP contribution is -2.07. The van der Waals surface area contributed by atoms with Crippen molar-refractivity contribution in [1.82, 2.24) is 9.38 Å². The number of imidazole rings is 1. The molecule has 2 aromatic heterocycles. The monoisotopic (exact) mass is 332 g/mol. The Morgan fingerprint density at radius 2 is 1.96 bits per heavy atom. The molecular weight excluding hydrogens is 318 g/mol. The highest BCUT2D eigenvalue weighted by Gasteiger charge is 2.18. The molecule has 1 aromatic carbocycles. The average molecular weight is 332 g/mol. The van der Waals surface area contributed by atoms with Crippen molar-refractivity contribution in [1.29, 1.82) is 0 Å². The topological polar surface area (TPSA) is 63.8 Å². The van der Waals surface area contributed by atoms with E-state index in [9.17, 15) is 18.7 Å². The van der Waals surface area contributed by atoms with E-state index in [0.29, 0.717) is 5.75 Å². The van der Waals surface area contributed by atoms with Crippen LogP contribution in [0.1, 0.15) is 27.2 Å². The van der Waals surface area contributed by atoms with E-state index in [-0.39, 0.29) is 23.5 Å². The van der Waals surface area contributed by atoms with Gasteiger partial charge in [0.25, 0.3) is 0 Å². The van der Waals surface area contributed by atoms with Gasteiger partial charge in [-0.25, -0.2) is 18.6 Å². The smallest absolute Gasteiger partial charge is 0.354 e. The van der Waals surface area contributed by atoms with Gasteiger partial charge in [0.15, 0.2) is 17.1 Å². The predicted molar refractivity (Wildman–Crippen MR) is 82.3 cm³/mol. The van der Waals surface area contributed by atoms with Crippen LogP contribution in [-0.2, 0) is 6.61 Å². The summed E-state index contributed by atoms with van der Waals surface area (Å²) in [6.45, 7) is 3.24. The Kier molecular flexibility index (Phi) is 3.92. The Bertz CT molecular complexity index is 930. The Morgan fingerprint density at radius 3 is 2.58 bits per heavy atom. The highest BCUT2D eigenvalue weighted by molar-refractivity contribution is 5.87. The molecule has 0 saturated carbocycles. The summed E-state index contributed by atoms with van der Waals surface area (Å²) in [6.07, 6.45) is 2.85. The molecule has 0 aliphatic heterocycles. The number of carboxylic acids is 1. The quantitative estimate of drug-likeness (QED) is 0.794. The van der Waals surface area contributed by atoms with Crippen LogP contribution < -0.4 is 4.74 Å². The van der Waals surface area contributed by atoms with E-state index >= 15 is 0 Å². The van der Waals surface area contributed by atoms with Crippen LogP contribution in [0.3, 0.4) is 0 Å². The molecule has 3 rings (SSSR count). The molecule has 0 bridgehead atoms. The molecule has 0 aliphatic rings. The van der Waals surface area contributed by atoms with E-state index in [1.54, 1.807) is 20.0 Å². The predicted octanol–water partition coefficient (Wildman–Crippen LogP) is 3.51. The van der Waals surface area contributed by atoms with E-state index in [1.165, 1.54) is 16.7 Å². The third-order valence-corrected chi connectivity index (χ3v) is 3.90. The zero-order valence-electron chi connectivity index (χ0n) is 13.0. The summed E-state index contributed by atoms with van der Waals surface area (Å²) in [6, 6.07) is 3.58. The summed E-state index contributed by atoms with van der Waals surface area (Å²) < 4.78 is 34.5. The number of hydrogen-bond donors (Lipinski definition) is 1. The maximum Gasteiger partial charge on any atom is 0.354 e. The number of carbonyl (C=O) groups is 1. The molecule has 124 valence electrons. The number of hydrogen-bond acceptors (Lipinski definition) is 3. The third kappa shape index (κ3) is 2.58. The minimum Gasteiger partial charge on any atom is -0.484 e. The molecule has 0 atom stereocenters. The number of aromatic carboxylic acids is 1. The first-order valence-electron chi connectivity index (χ1n) is 7.16. The minimum atomic E-state index is -1.13. The van der Waals surface area contributed by atoms with Crippen molar-refractivity contribution in [3.05, 3.63) is 64.6 Å². The van der Waals surface area contributed by atoms with E-state index < -0.39 is 17.6 Å². The third-order valence-electron chi connectivity index (χ3n) is 3.90. The number of nitrogens with zero attached hydrogens (tertiary/aromatic N) is 2. The number of aryl methyl sites for hydroxylation is 1. The molecule has 5 nitrogen and oxygen atoms in total. The Morgan fingerprint density at radius 1 is 1.29 bits per heavy atom. The number of ether oxygens (including phenoxy) is 1. The lowest BCUT2D eigenvalue weighted by Gasteiger charge is -2.14. The van der Waals surface area contributed by atoms with E-state index in [2.05, 4.69) is 4.98 Å². The second kappa shape index (κ2) is 5.92. The number of halogens is 2. The Labute approximate surface area is 136 Å². The Balaban J connectivity index is 2.06. The molecule has 0 saturated heterocycles. The number of fused-ring (bicyclic) bond motifs is 1. The van der Waals surface area contributed by atoms with Crippen LogP contribution in [0, 0.1) is 25.5 Å².